The molecule has 0 aromatic carbocycles. The maximum Gasteiger partial charge on any atom is 0.138 e. The van der Waals surface area contributed by atoms with Gasteiger partial charge in [-0.2, -0.15) is 0 Å². The van der Waals surface area contributed by atoms with Crippen LogP contribution in [0.25, 0.3) is 10.2 Å². The van der Waals surface area contributed by atoms with Gasteiger partial charge in [0.1, 0.15) is 17.0 Å². The molecule has 2 heterocycles. The number of anilines is 1. The van der Waals surface area contributed by atoms with Gasteiger partial charge in [0.05, 0.1) is 10.9 Å². The highest BCUT2D eigenvalue weighted by atomic mass is 35.5. The molecule has 0 aliphatic carbocycles. The van der Waals surface area contributed by atoms with Gasteiger partial charge in [-0.3, -0.25) is 0 Å². The second-order valence-corrected chi connectivity index (χ2v) is 6.38. The van der Waals surface area contributed by atoms with Crippen LogP contribution in [0.2, 0.25) is 0 Å². The molecule has 3 nitrogen and oxygen atoms in total. The fraction of sp³-hybridized carbons (Fsp3) is 0.500. The number of rotatable bonds is 4. The van der Waals surface area contributed by atoms with Crippen molar-refractivity contribution in [3.8, 4) is 0 Å². The van der Waals surface area contributed by atoms with Crippen molar-refractivity contribution >= 4 is 50.6 Å². The Hall–Kier alpha value is -0.580. The number of nitrogens with zero attached hydrogens (tertiary/aromatic N) is 2. The Morgan fingerprint density at radius 2 is 1.94 bits per heavy atom. The minimum atomic E-state index is -0.368. The molecule has 0 radical (unpaired) electrons. The summed E-state index contributed by atoms with van der Waals surface area (Å²) in [6, 6.07) is 0. The molecular weight excluding hydrogens is 289 g/mol. The highest BCUT2D eigenvalue weighted by Gasteiger charge is 2.24. The van der Waals surface area contributed by atoms with Crippen LogP contribution in [0.4, 0.5) is 5.82 Å². The van der Waals surface area contributed by atoms with Crippen molar-refractivity contribution < 1.29 is 0 Å². The van der Waals surface area contributed by atoms with Gasteiger partial charge in [0, 0.05) is 16.6 Å². The lowest BCUT2D eigenvalue weighted by atomic mass is 10.1. The molecule has 18 heavy (non-hydrogen) atoms. The van der Waals surface area contributed by atoms with E-state index in [-0.39, 0.29) is 5.54 Å². The van der Waals surface area contributed by atoms with Gasteiger partial charge >= 0.3 is 0 Å². The zero-order valence-electron chi connectivity index (χ0n) is 10.6. The molecule has 0 aliphatic rings. The van der Waals surface area contributed by atoms with E-state index in [4.69, 9.17) is 23.2 Å². The molecular formula is C12H15Cl2N3S. The molecule has 2 aromatic rings. The quantitative estimate of drug-likeness (QED) is 0.869. The van der Waals surface area contributed by atoms with Crippen LogP contribution >= 0.6 is 34.5 Å². The van der Waals surface area contributed by atoms with Crippen molar-refractivity contribution in [2.75, 3.05) is 17.1 Å². The number of fused-ring (bicyclic) bond motifs is 1. The number of aryl methyl sites for hydroxylation is 2. The van der Waals surface area contributed by atoms with Gasteiger partial charge in [0.15, 0.2) is 0 Å². The van der Waals surface area contributed by atoms with Crippen molar-refractivity contribution in [1.82, 2.24) is 9.97 Å². The third-order valence-corrected chi connectivity index (χ3v) is 5.27. The Kier molecular flexibility index (Phi) is 3.99. The Labute approximate surface area is 121 Å². The van der Waals surface area contributed by atoms with Gasteiger partial charge in [-0.15, -0.1) is 34.5 Å². The summed E-state index contributed by atoms with van der Waals surface area (Å²) in [5.74, 6) is 1.65. The van der Waals surface area contributed by atoms with E-state index in [1.165, 1.54) is 10.4 Å². The summed E-state index contributed by atoms with van der Waals surface area (Å²) < 4.78 is 0. The fourth-order valence-electron chi connectivity index (χ4n) is 1.67. The second kappa shape index (κ2) is 5.19. The molecule has 0 amide bonds. The molecule has 0 fully saturated rings. The van der Waals surface area contributed by atoms with Crippen LogP contribution in [0.15, 0.2) is 6.33 Å². The molecule has 98 valence electrons. The zero-order chi connectivity index (χ0) is 13.3. The van der Waals surface area contributed by atoms with Gasteiger partial charge in [0.25, 0.3) is 0 Å². The van der Waals surface area contributed by atoms with Gasteiger partial charge < -0.3 is 5.32 Å². The maximum atomic E-state index is 5.97. The zero-order valence-corrected chi connectivity index (χ0v) is 12.9. The number of alkyl halides is 2. The average Bonchev–Trinajstić information content (AvgIpc) is 2.66. The first-order valence-electron chi connectivity index (χ1n) is 5.61. The third kappa shape index (κ3) is 2.42. The molecule has 0 saturated heterocycles. The highest BCUT2D eigenvalue weighted by Crippen LogP contribution is 2.33. The molecule has 0 bridgehead atoms. The Balaban J connectivity index is 2.51. The molecule has 0 spiro atoms. The Morgan fingerprint density at radius 3 is 2.56 bits per heavy atom. The largest absolute Gasteiger partial charge is 0.362 e. The maximum absolute atomic E-state index is 5.97. The average molecular weight is 304 g/mol. The van der Waals surface area contributed by atoms with E-state index < -0.39 is 0 Å². The van der Waals surface area contributed by atoms with Gasteiger partial charge in [-0.25, -0.2) is 9.97 Å². The van der Waals surface area contributed by atoms with E-state index in [0.29, 0.717) is 11.8 Å². The smallest absolute Gasteiger partial charge is 0.138 e. The molecule has 0 unspecified atom stereocenters. The molecule has 0 saturated carbocycles. The van der Waals surface area contributed by atoms with Crippen molar-refractivity contribution in [2.45, 2.75) is 26.3 Å². The van der Waals surface area contributed by atoms with Crippen LogP contribution < -0.4 is 5.32 Å². The van der Waals surface area contributed by atoms with Gasteiger partial charge in [-0.05, 0) is 26.3 Å². The predicted molar refractivity (Wildman–Crippen MR) is 80.4 cm³/mol. The summed E-state index contributed by atoms with van der Waals surface area (Å²) >= 11 is 13.6. The first-order valence-corrected chi connectivity index (χ1v) is 7.50. The van der Waals surface area contributed by atoms with Crippen molar-refractivity contribution in [2.24, 2.45) is 0 Å². The molecule has 0 atom stereocenters. The van der Waals surface area contributed by atoms with E-state index >= 15 is 0 Å². The van der Waals surface area contributed by atoms with Crippen LogP contribution in [0.3, 0.4) is 0 Å². The number of halogens is 2. The van der Waals surface area contributed by atoms with Crippen molar-refractivity contribution in [1.29, 1.82) is 0 Å². The first kappa shape index (κ1) is 13.8. The van der Waals surface area contributed by atoms with E-state index in [1.54, 1.807) is 17.7 Å². The second-order valence-electron chi connectivity index (χ2n) is 4.64. The lowest BCUT2D eigenvalue weighted by Crippen LogP contribution is -2.39. The standard InChI is InChI=1S/C12H15Cl2N3S/c1-7-8(2)18-11-9(7)10(15-6-16-11)17-12(3,4-13)5-14/h6H,4-5H2,1-3H3,(H,15,16,17). The minimum Gasteiger partial charge on any atom is -0.362 e. The monoisotopic (exact) mass is 303 g/mol. The lowest BCUT2D eigenvalue weighted by molar-refractivity contribution is 0.646. The first-order chi connectivity index (χ1) is 8.50. The third-order valence-electron chi connectivity index (χ3n) is 2.98. The molecule has 0 aliphatic heterocycles. The van der Waals surface area contributed by atoms with Crippen LogP contribution in [-0.2, 0) is 0 Å². The summed E-state index contributed by atoms with van der Waals surface area (Å²) in [6.45, 7) is 6.16. The molecule has 2 rings (SSSR count). The summed E-state index contributed by atoms with van der Waals surface area (Å²) in [5, 5.41) is 4.41. The number of hydrogen-bond donors (Lipinski definition) is 1. The van der Waals surface area contributed by atoms with E-state index in [2.05, 4.69) is 29.1 Å². The fourth-order valence-corrected chi connectivity index (χ4v) is 3.08. The summed E-state index contributed by atoms with van der Waals surface area (Å²) in [5.41, 5.74) is 0.844. The van der Waals surface area contributed by atoms with Gasteiger partial charge in [-0.1, -0.05) is 0 Å². The number of hydrogen-bond acceptors (Lipinski definition) is 4. The van der Waals surface area contributed by atoms with Crippen molar-refractivity contribution in [3.63, 3.8) is 0 Å². The number of thiophene rings is 1. The van der Waals surface area contributed by atoms with Gasteiger partial charge in [0.2, 0.25) is 0 Å². The topological polar surface area (TPSA) is 37.8 Å². The molecule has 2 aromatic heterocycles. The van der Waals surface area contributed by atoms with Crippen molar-refractivity contribution in [3.05, 3.63) is 16.8 Å². The van der Waals surface area contributed by atoms with E-state index in [0.717, 1.165) is 16.0 Å². The van der Waals surface area contributed by atoms with E-state index in [9.17, 15) is 0 Å². The highest BCUT2D eigenvalue weighted by molar-refractivity contribution is 7.18. The summed E-state index contributed by atoms with van der Waals surface area (Å²) in [4.78, 5) is 10.9. The van der Waals surface area contributed by atoms with Crippen LogP contribution in [0.5, 0.6) is 0 Å². The van der Waals surface area contributed by atoms with Crippen LogP contribution in [-0.4, -0.2) is 27.3 Å². The van der Waals surface area contributed by atoms with E-state index in [1.807, 2.05) is 6.92 Å². The predicted octanol–water partition coefficient (Wildman–Crippen LogP) is 3.96. The minimum absolute atomic E-state index is 0.368. The molecule has 6 heteroatoms. The normalized spacial score (nSPS) is 12.1. The SMILES string of the molecule is Cc1sc2ncnc(NC(C)(CCl)CCl)c2c1C. The summed E-state index contributed by atoms with van der Waals surface area (Å²) in [6.07, 6.45) is 1.57. The molecule has 1 N–H and O–H groups in total. The number of nitrogens with one attached hydrogen (secondary N) is 1. The number of aromatic nitrogens is 2. The lowest BCUT2D eigenvalue weighted by Gasteiger charge is -2.26. The summed E-state index contributed by atoms with van der Waals surface area (Å²) in [7, 11) is 0. The Bertz CT molecular complexity index is 564. The van der Waals surface area contributed by atoms with Crippen LogP contribution in [0, 0.1) is 13.8 Å². The van der Waals surface area contributed by atoms with Crippen LogP contribution in [0.1, 0.15) is 17.4 Å². The Morgan fingerprint density at radius 1 is 1.28 bits per heavy atom.